The van der Waals surface area contributed by atoms with E-state index in [1.807, 2.05) is 37.3 Å². The molecule has 0 saturated heterocycles. The Kier molecular flexibility index (Phi) is 8.16. The monoisotopic (exact) mass is 442 g/mol. The van der Waals surface area contributed by atoms with Gasteiger partial charge in [-0.2, -0.15) is 0 Å². The molecule has 8 heteroatoms. The lowest BCUT2D eigenvalue weighted by molar-refractivity contribution is -0.121. The highest BCUT2D eigenvalue weighted by Gasteiger charge is 2.18. The molecule has 5 nitrogen and oxygen atoms in total. The first kappa shape index (κ1) is 22.5. The standard InChI is InChI=1S/C20H24Cl2N2O3S/c1-15(16-7-4-3-5-8-16)14-23-20(25)9-6-12-24(28(2,26)27)17-10-11-18(21)19(22)13-17/h3-5,7-8,10-11,13,15H,6,9,12,14H2,1-2H3,(H,23,25)/t15-/m0/s1. The number of carbonyl (C=O) groups excluding carboxylic acids is 1. The summed E-state index contributed by atoms with van der Waals surface area (Å²) >= 11 is 11.9. The van der Waals surface area contributed by atoms with E-state index in [0.29, 0.717) is 23.7 Å². The zero-order valence-corrected chi connectivity index (χ0v) is 18.2. The van der Waals surface area contributed by atoms with Crippen molar-refractivity contribution in [3.8, 4) is 0 Å². The van der Waals surface area contributed by atoms with E-state index in [1.54, 1.807) is 12.1 Å². The van der Waals surface area contributed by atoms with E-state index in [1.165, 1.54) is 10.4 Å². The van der Waals surface area contributed by atoms with Gasteiger partial charge in [0.2, 0.25) is 15.9 Å². The van der Waals surface area contributed by atoms with Gasteiger partial charge in [0.1, 0.15) is 0 Å². The molecule has 2 aromatic carbocycles. The number of nitrogens with zero attached hydrogens (tertiary/aromatic N) is 1. The third-order valence-electron chi connectivity index (χ3n) is 4.33. The molecule has 152 valence electrons. The van der Waals surface area contributed by atoms with Crippen LogP contribution in [0, 0.1) is 0 Å². The van der Waals surface area contributed by atoms with Crippen molar-refractivity contribution in [3.05, 3.63) is 64.1 Å². The summed E-state index contributed by atoms with van der Waals surface area (Å²) in [5.41, 5.74) is 1.58. The SMILES string of the molecule is C[C@@H](CNC(=O)CCCN(c1ccc(Cl)c(Cl)c1)S(C)(=O)=O)c1ccccc1. The van der Waals surface area contributed by atoms with Crippen LogP contribution in [0.25, 0.3) is 0 Å². The number of anilines is 1. The summed E-state index contributed by atoms with van der Waals surface area (Å²) in [5, 5.41) is 3.54. The predicted octanol–water partition coefficient (Wildman–Crippen LogP) is 4.46. The Labute approximate surface area is 176 Å². The van der Waals surface area contributed by atoms with Crippen LogP contribution in [0.15, 0.2) is 48.5 Å². The minimum atomic E-state index is -3.51. The van der Waals surface area contributed by atoms with E-state index < -0.39 is 10.0 Å². The van der Waals surface area contributed by atoms with Gasteiger partial charge in [-0.3, -0.25) is 9.10 Å². The maximum Gasteiger partial charge on any atom is 0.232 e. The van der Waals surface area contributed by atoms with Gasteiger partial charge in [-0.25, -0.2) is 8.42 Å². The summed E-state index contributed by atoms with van der Waals surface area (Å²) in [5.74, 6) is 0.0965. The second-order valence-corrected chi connectivity index (χ2v) is 9.37. The Bertz CT molecular complexity index is 905. The largest absolute Gasteiger partial charge is 0.356 e. The van der Waals surface area contributed by atoms with Gasteiger partial charge in [-0.15, -0.1) is 0 Å². The van der Waals surface area contributed by atoms with Crippen molar-refractivity contribution in [3.63, 3.8) is 0 Å². The Morgan fingerprint density at radius 3 is 2.39 bits per heavy atom. The van der Waals surface area contributed by atoms with Crippen LogP contribution in [-0.2, 0) is 14.8 Å². The molecule has 0 spiro atoms. The Balaban J connectivity index is 1.88. The molecule has 0 aromatic heterocycles. The van der Waals surface area contributed by atoms with Gasteiger partial charge < -0.3 is 5.32 Å². The molecule has 28 heavy (non-hydrogen) atoms. The van der Waals surface area contributed by atoms with Gasteiger partial charge in [-0.1, -0.05) is 60.5 Å². The lowest BCUT2D eigenvalue weighted by atomic mass is 10.0. The van der Waals surface area contributed by atoms with Crippen LogP contribution in [0.2, 0.25) is 10.0 Å². The number of rotatable bonds is 9. The first-order valence-corrected chi connectivity index (χ1v) is 11.5. The number of nitrogens with one attached hydrogen (secondary N) is 1. The highest BCUT2D eigenvalue weighted by atomic mass is 35.5. The number of hydrogen-bond donors (Lipinski definition) is 1. The molecule has 0 aliphatic heterocycles. The van der Waals surface area contributed by atoms with Crippen LogP contribution in [0.4, 0.5) is 5.69 Å². The molecule has 2 aromatic rings. The highest BCUT2D eigenvalue weighted by molar-refractivity contribution is 7.92. The molecule has 0 saturated carbocycles. The van der Waals surface area contributed by atoms with E-state index in [-0.39, 0.29) is 29.8 Å². The Morgan fingerprint density at radius 2 is 1.79 bits per heavy atom. The first-order chi connectivity index (χ1) is 13.2. The molecular formula is C20H24Cl2N2O3S. The predicted molar refractivity (Wildman–Crippen MR) is 116 cm³/mol. The molecule has 0 radical (unpaired) electrons. The summed E-state index contributed by atoms with van der Waals surface area (Å²) in [7, 11) is -3.51. The fourth-order valence-corrected chi connectivity index (χ4v) is 4.01. The number of benzene rings is 2. The second kappa shape index (κ2) is 10.1. The van der Waals surface area contributed by atoms with E-state index in [4.69, 9.17) is 23.2 Å². The number of sulfonamides is 1. The first-order valence-electron chi connectivity index (χ1n) is 8.93. The van der Waals surface area contributed by atoms with E-state index in [2.05, 4.69) is 5.32 Å². The van der Waals surface area contributed by atoms with Gasteiger partial charge in [0.25, 0.3) is 0 Å². The quantitative estimate of drug-likeness (QED) is 0.623. The smallest absolute Gasteiger partial charge is 0.232 e. The molecule has 0 aliphatic rings. The van der Waals surface area contributed by atoms with Crippen molar-refractivity contribution >= 4 is 44.8 Å². The lowest BCUT2D eigenvalue weighted by Gasteiger charge is -2.22. The molecule has 1 atom stereocenters. The minimum Gasteiger partial charge on any atom is -0.356 e. The van der Waals surface area contributed by atoms with Crippen LogP contribution in [0.1, 0.15) is 31.2 Å². The van der Waals surface area contributed by atoms with E-state index in [9.17, 15) is 13.2 Å². The summed E-state index contributed by atoms with van der Waals surface area (Å²) in [6.45, 7) is 2.76. The molecule has 1 N–H and O–H groups in total. The van der Waals surface area contributed by atoms with Gasteiger partial charge in [0.05, 0.1) is 22.0 Å². The molecule has 0 heterocycles. The van der Waals surface area contributed by atoms with E-state index >= 15 is 0 Å². The van der Waals surface area contributed by atoms with Crippen molar-refractivity contribution in [2.24, 2.45) is 0 Å². The number of halogens is 2. The lowest BCUT2D eigenvalue weighted by Crippen LogP contribution is -2.32. The van der Waals surface area contributed by atoms with Gasteiger partial charge in [0.15, 0.2) is 0 Å². The third-order valence-corrected chi connectivity index (χ3v) is 6.26. The second-order valence-electron chi connectivity index (χ2n) is 6.65. The van der Waals surface area contributed by atoms with Crippen molar-refractivity contribution in [2.45, 2.75) is 25.7 Å². The van der Waals surface area contributed by atoms with Crippen LogP contribution >= 0.6 is 23.2 Å². The van der Waals surface area contributed by atoms with Crippen LogP contribution in [0.3, 0.4) is 0 Å². The van der Waals surface area contributed by atoms with Crippen molar-refractivity contribution in [1.29, 1.82) is 0 Å². The molecule has 1 amide bonds. The summed E-state index contributed by atoms with van der Waals surface area (Å²) in [6.07, 6.45) is 1.74. The minimum absolute atomic E-state index is 0.106. The summed E-state index contributed by atoms with van der Waals surface area (Å²) in [6, 6.07) is 14.6. The number of carbonyl (C=O) groups is 1. The van der Waals surface area contributed by atoms with Crippen LogP contribution in [-0.4, -0.2) is 33.7 Å². The summed E-state index contributed by atoms with van der Waals surface area (Å²) < 4.78 is 25.5. The Hall–Kier alpha value is -1.76. The maximum atomic E-state index is 12.1. The number of hydrogen-bond acceptors (Lipinski definition) is 3. The summed E-state index contributed by atoms with van der Waals surface area (Å²) in [4.78, 5) is 12.1. The fourth-order valence-electron chi connectivity index (χ4n) is 2.76. The zero-order valence-electron chi connectivity index (χ0n) is 15.9. The van der Waals surface area contributed by atoms with Gasteiger partial charge in [0, 0.05) is 19.5 Å². The number of amides is 1. The maximum absolute atomic E-state index is 12.1. The van der Waals surface area contributed by atoms with Crippen LogP contribution < -0.4 is 9.62 Å². The molecule has 2 rings (SSSR count). The molecule has 0 unspecified atom stereocenters. The zero-order chi connectivity index (χ0) is 20.7. The Morgan fingerprint density at radius 1 is 1.11 bits per heavy atom. The highest BCUT2D eigenvalue weighted by Crippen LogP contribution is 2.28. The normalized spacial score (nSPS) is 12.4. The molecule has 0 bridgehead atoms. The van der Waals surface area contributed by atoms with Gasteiger partial charge in [-0.05, 0) is 36.1 Å². The fraction of sp³-hybridized carbons (Fsp3) is 0.350. The molecular weight excluding hydrogens is 419 g/mol. The van der Waals surface area contributed by atoms with E-state index in [0.717, 1.165) is 11.8 Å². The average molecular weight is 443 g/mol. The van der Waals surface area contributed by atoms with Crippen molar-refractivity contribution < 1.29 is 13.2 Å². The topological polar surface area (TPSA) is 66.5 Å². The average Bonchev–Trinajstić information content (AvgIpc) is 2.65. The van der Waals surface area contributed by atoms with Crippen LogP contribution in [0.5, 0.6) is 0 Å². The molecule has 0 fully saturated rings. The molecule has 0 aliphatic carbocycles. The van der Waals surface area contributed by atoms with Gasteiger partial charge >= 0.3 is 0 Å². The van der Waals surface area contributed by atoms with Crippen molar-refractivity contribution in [1.82, 2.24) is 5.32 Å². The third kappa shape index (κ3) is 6.69. The van der Waals surface area contributed by atoms with Crippen molar-refractivity contribution in [2.75, 3.05) is 23.7 Å².